The molecule has 0 amide bonds. The Morgan fingerprint density at radius 1 is 1.42 bits per heavy atom. The van der Waals surface area contributed by atoms with Gasteiger partial charge in [-0.05, 0) is 44.5 Å². The maximum atomic E-state index is 12.4. The van der Waals surface area contributed by atoms with Crippen LogP contribution in [0.2, 0.25) is 0 Å². The smallest absolute Gasteiger partial charge is 0.243 e. The lowest BCUT2D eigenvalue weighted by Gasteiger charge is -2.32. The topological polar surface area (TPSA) is 81.4 Å². The van der Waals surface area contributed by atoms with Crippen molar-refractivity contribution in [1.82, 2.24) is 4.31 Å². The third kappa shape index (κ3) is 2.95. The van der Waals surface area contributed by atoms with Crippen molar-refractivity contribution in [3.63, 3.8) is 0 Å². The van der Waals surface area contributed by atoms with Crippen molar-refractivity contribution in [2.45, 2.75) is 31.2 Å². The predicted octanol–water partition coefficient (Wildman–Crippen LogP) is 1.26. The van der Waals surface area contributed by atoms with Gasteiger partial charge in [0.05, 0.1) is 28.7 Å². The van der Waals surface area contributed by atoms with Crippen LogP contribution in [-0.2, 0) is 10.0 Å². The molecule has 0 saturated carbocycles. The third-order valence-corrected chi connectivity index (χ3v) is 5.28. The van der Waals surface area contributed by atoms with Gasteiger partial charge in [-0.3, -0.25) is 0 Å². The highest BCUT2D eigenvalue weighted by atomic mass is 32.2. The summed E-state index contributed by atoms with van der Waals surface area (Å²) in [6.45, 7) is 4.69. The Bertz CT molecular complexity index is 615. The molecule has 5 nitrogen and oxygen atoms in total. The van der Waals surface area contributed by atoms with Gasteiger partial charge in [-0.15, -0.1) is 0 Å². The molecule has 0 aliphatic rings. The van der Waals surface area contributed by atoms with Crippen molar-refractivity contribution in [2.75, 3.05) is 13.7 Å². The third-order valence-electron chi connectivity index (χ3n) is 3.22. The number of aliphatic hydroxyl groups excluding tert-OH is 1. The highest BCUT2D eigenvalue weighted by Crippen LogP contribution is 2.24. The van der Waals surface area contributed by atoms with Crippen LogP contribution in [0.4, 0.5) is 0 Å². The molecular weight excluding hydrogens is 264 g/mol. The lowest BCUT2D eigenvalue weighted by atomic mass is 10.1. The van der Waals surface area contributed by atoms with Crippen LogP contribution >= 0.6 is 0 Å². The van der Waals surface area contributed by atoms with Gasteiger partial charge < -0.3 is 5.11 Å². The van der Waals surface area contributed by atoms with Crippen molar-refractivity contribution in [3.05, 3.63) is 29.3 Å². The number of aliphatic hydroxyl groups is 1. The number of hydrogen-bond acceptors (Lipinski definition) is 4. The molecule has 104 valence electrons. The van der Waals surface area contributed by atoms with Gasteiger partial charge in [0.1, 0.15) is 0 Å². The molecule has 0 aliphatic heterocycles. The molecule has 19 heavy (non-hydrogen) atoms. The van der Waals surface area contributed by atoms with E-state index in [2.05, 4.69) is 0 Å². The molecule has 0 saturated heterocycles. The summed E-state index contributed by atoms with van der Waals surface area (Å²) in [6, 6.07) is 6.36. The van der Waals surface area contributed by atoms with E-state index in [1.165, 1.54) is 25.2 Å². The quantitative estimate of drug-likeness (QED) is 0.901. The monoisotopic (exact) mass is 282 g/mol. The minimum Gasteiger partial charge on any atom is -0.394 e. The van der Waals surface area contributed by atoms with Crippen molar-refractivity contribution < 1.29 is 13.5 Å². The molecule has 0 aliphatic carbocycles. The maximum Gasteiger partial charge on any atom is 0.243 e. The Labute approximate surface area is 114 Å². The predicted molar refractivity (Wildman–Crippen MR) is 72.0 cm³/mol. The highest BCUT2D eigenvalue weighted by Gasteiger charge is 2.33. The van der Waals surface area contributed by atoms with Crippen LogP contribution in [0.1, 0.15) is 25.0 Å². The Morgan fingerprint density at radius 3 is 2.42 bits per heavy atom. The molecule has 0 atom stereocenters. The molecule has 0 aromatic heterocycles. The Hall–Kier alpha value is -1.42. The fraction of sp³-hybridized carbons (Fsp3) is 0.462. The largest absolute Gasteiger partial charge is 0.394 e. The average Bonchev–Trinajstić information content (AvgIpc) is 2.37. The number of nitrogens with zero attached hydrogens (tertiary/aromatic N) is 2. The van der Waals surface area contributed by atoms with E-state index in [0.29, 0.717) is 11.1 Å². The first-order chi connectivity index (χ1) is 8.66. The van der Waals surface area contributed by atoms with Gasteiger partial charge >= 0.3 is 0 Å². The Kier molecular flexibility index (Phi) is 4.35. The zero-order valence-electron chi connectivity index (χ0n) is 11.5. The van der Waals surface area contributed by atoms with Crippen molar-refractivity contribution in [3.8, 4) is 6.07 Å². The summed E-state index contributed by atoms with van der Waals surface area (Å²) in [7, 11) is -2.26. The SMILES string of the molecule is Cc1cc(S(=O)(=O)N(C)C(C)(C)CO)ccc1C#N. The zero-order valence-corrected chi connectivity index (χ0v) is 12.3. The average molecular weight is 282 g/mol. The van der Waals surface area contributed by atoms with Gasteiger partial charge in [0.15, 0.2) is 0 Å². The normalized spacial score (nSPS) is 12.5. The summed E-state index contributed by atoms with van der Waals surface area (Å²) >= 11 is 0. The molecule has 6 heteroatoms. The summed E-state index contributed by atoms with van der Waals surface area (Å²) in [5.74, 6) is 0. The molecule has 0 radical (unpaired) electrons. The van der Waals surface area contributed by atoms with Crippen molar-refractivity contribution >= 4 is 10.0 Å². The van der Waals surface area contributed by atoms with Crippen molar-refractivity contribution in [1.29, 1.82) is 5.26 Å². The van der Waals surface area contributed by atoms with Crippen LogP contribution < -0.4 is 0 Å². The first-order valence-corrected chi connectivity index (χ1v) is 7.21. The molecule has 1 rings (SSSR count). The molecule has 0 spiro atoms. The van der Waals surface area contributed by atoms with E-state index >= 15 is 0 Å². The molecule has 1 N–H and O–H groups in total. The minimum absolute atomic E-state index is 0.119. The first-order valence-electron chi connectivity index (χ1n) is 5.77. The van der Waals surface area contributed by atoms with E-state index < -0.39 is 15.6 Å². The Morgan fingerprint density at radius 2 is 2.00 bits per heavy atom. The lowest BCUT2D eigenvalue weighted by molar-refractivity contribution is 0.138. The number of rotatable bonds is 4. The molecule has 1 aromatic carbocycles. The summed E-state index contributed by atoms with van der Waals surface area (Å²) in [4.78, 5) is 0.119. The summed E-state index contributed by atoms with van der Waals surface area (Å²) in [5, 5.41) is 18.1. The van der Waals surface area contributed by atoms with E-state index in [4.69, 9.17) is 5.26 Å². The van der Waals surface area contributed by atoms with Gasteiger partial charge in [-0.1, -0.05) is 0 Å². The molecule has 0 heterocycles. The van der Waals surface area contributed by atoms with Gasteiger partial charge in [-0.25, -0.2) is 8.42 Å². The van der Waals surface area contributed by atoms with E-state index in [1.807, 2.05) is 6.07 Å². The van der Waals surface area contributed by atoms with E-state index in [1.54, 1.807) is 20.8 Å². The second-order valence-electron chi connectivity index (χ2n) is 5.03. The highest BCUT2D eigenvalue weighted by molar-refractivity contribution is 7.89. The second kappa shape index (κ2) is 5.29. The van der Waals surface area contributed by atoms with Gasteiger partial charge in [0, 0.05) is 7.05 Å². The maximum absolute atomic E-state index is 12.4. The first kappa shape index (κ1) is 15.6. The molecule has 0 fully saturated rings. The number of likely N-dealkylation sites (N-methyl/N-ethyl adjacent to an activating group) is 1. The van der Waals surface area contributed by atoms with E-state index in [-0.39, 0.29) is 11.5 Å². The van der Waals surface area contributed by atoms with E-state index in [0.717, 1.165) is 4.31 Å². The molecule has 0 unspecified atom stereocenters. The van der Waals surface area contributed by atoms with Gasteiger partial charge in [0.2, 0.25) is 10.0 Å². The lowest BCUT2D eigenvalue weighted by Crippen LogP contribution is -2.47. The fourth-order valence-corrected chi connectivity index (χ4v) is 3.10. The molecule has 0 bridgehead atoms. The molecule has 1 aromatic rings. The fourth-order valence-electron chi connectivity index (χ4n) is 1.51. The molecular formula is C13H18N2O3S. The summed E-state index contributed by atoms with van der Waals surface area (Å²) in [5.41, 5.74) is 0.169. The summed E-state index contributed by atoms with van der Waals surface area (Å²) < 4.78 is 26.0. The van der Waals surface area contributed by atoms with Crippen LogP contribution in [-0.4, -0.2) is 37.0 Å². The van der Waals surface area contributed by atoms with Crippen LogP contribution in [0, 0.1) is 18.3 Å². The summed E-state index contributed by atoms with van der Waals surface area (Å²) in [6.07, 6.45) is 0. The number of benzene rings is 1. The minimum atomic E-state index is -3.69. The second-order valence-corrected chi connectivity index (χ2v) is 7.00. The van der Waals surface area contributed by atoms with Crippen LogP contribution in [0.15, 0.2) is 23.1 Å². The standard InChI is InChI=1S/C13H18N2O3S/c1-10-7-12(6-5-11(10)8-14)19(17,18)15(4)13(2,3)9-16/h5-7,16H,9H2,1-4H3. The van der Waals surface area contributed by atoms with E-state index in [9.17, 15) is 13.5 Å². The van der Waals surface area contributed by atoms with Gasteiger partial charge in [-0.2, -0.15) is 9.57 Å². The number of nitriles is 1. The number of aryl methyl sites for hydroxylation is 1. The number of hydrogen-bond donors (Lipinski definition) is 1. The van der Waals surface area contributed by atoms with Crippen molar-refractivity contribution in [2.24, 2.45) is 0 Å². The van der Waals surface area contributed by atoms with Crippen LogP contribution in [0.3, 0.4) is 0 Å². The van der Waals surface area contributed by atoms with Gasteiger partial charge in [0.25, 0.3) is 0 Å². The Balaban J connectivity index is 3.30. The van der Waals surface area contributed by atoms with Crippen LogP contribution in [0.5, 0.6) is 0 Å². The number of sulfonamides is 1. The van der Waals surface area contributed by atoms with Crippen LogP contribution in [0.25, 0.3) is 0 Å². The zero-order chi connectivity index (χ0) is 14.8.